The molecule has 3 aromatic rings. The van der Waals surface area contributed by atoms with E-state index in [2.05, 4.69) is 9.71 Å². The second-order valence-electron chi connectivity index (χ2n) is 6.65. The van der Waals surface area contributed by atoms with E-state index in [9.17, 15) is 18.3 Å². The number of benzene rings is 2. The van der Waals surface area contributed by atoms with E-state index in [-0.39, 0.29) is 22.4 Å². The number of hydrogen-bond acceptors (Lipinski definition) is 4. The summed E-state index contributed by atoms with van der Waals surface area (Å²) in [7, 11) is -3.97. The van der Waals surface area contributed by atoms with E-state index in [4.69, 9.17) is 0 Å². The number of anilines is 1. The predicted molar refractivity (Wildman–Crippen MR) is 111 cm³/mol. The van der Waals surface area contributed by atoms with Gasteiger partial charge in [-0.15, -0.1) is 0 Å². The summed E-state index contributed by atoms with van der Waals surface area (Å²) in [4.78, 5) is 11.1. The molecular weight excluding hydrogens is 390 g/mol. The molecule has 148 valence electrons. The quantitative estimate of drug-likeness (QED) is 0.717. The minimum absolute atomic E-state index is 0.0149. The van der Waals surface area contributed by atoms with Gasteiger partial charge in [0.25, 0.3) is 10.0 Å². The summed E-state index contributed by atoms with van der Waals surface area (Å²) in [5.41, 5.74) is 2.16. The summed E-state index contributed by atoms with van der Waals surface area (Å²) in [5.74, 6) is -0.337. The molecule has 1 heterocycles. The number of carbonyl (C=O) groups is 1. The van der Waals surface area contributed by atoms with Crippen LogP contribution < -0.4 is 10.4 Å². The Labute approximate surface area is 168 Å². The van der Waals surface area contributed by atoms with Gasteiger partial charge in [0.15, 0.2) is 0 Å². The summed E-state index contributed by atoms with van der Waals surface area (Å²) in [5, 5.41) is 16.4. The monoisotopic (exact) mass is 408 g/mol. The van der Waals surface area contributed by atoms with E-state index in [1.807, 2.05) is 6.92 Å². The Bertz CT molecular complexity index is 1300. The molecule has 2 aromatic carbocycles. The van der Waals surface area contributed by atoms with Crippen molar-refractivity contribution in [3.8, 4) is 5.88 Å². The number of nitrogens with zero attached hydrogens (tertiary/aromatic N) is 2. The molecule has 1 aliphatic carbocycles. The van der Waals surface area contributed by atoms with Crippen LogP contribution in [0.5, 0.6) is 5.88 Å². The highest BCUT2D eigenvalue weighted by Crippen LogP contribution is 2.36. The first-order valence-electron chi connectivity index (χ1n) is 9.05. The van der Waals surface area contributed by atoms with Crippen LogP contribution >= 0.6 is 0 Å². The van der Waals surface area contributed by atoms with Crippen LogP contribution in [-0.2, 0) is 21.4 Å². The Kier molecular flexibility index (Phi) is 4.50. The third kappa shape index (κ3) is 3.21. The molecule has 1 amide bonds. The summed E-state index contributed by atoms with van der Waals surface area (Å²) >= 11 is 0. The smallest absolute Gasteiger partial charge is 0.282 e. The molecule has 0 atom stereocenters. The lowest BCUT2D eigenvalue weighted by Gasteiger charge is -2.13. The molecular formula is C21H18N3O4S-. The number of amides is 1. The fourth-order valence-electron chi connectivity index (χ4n) is 3.52. The molecule has 0 radical (unpaired) electrons. The number of rotatable bonds is 4. The fraction of sp³-hybridized carbons (Fsp3) is 0.143. The third-order valence-electron chi connectivity index (χ3n) is 4.77. The average molecular weight is 408 g/mol. The molecule has 0 bridgehead atoms. The summed E-state index contributed by atoms with van der Waals surface area (Å²) < 4.78 is 31.3. The molecule has 1 aliphatic rings. The van der Waals surface area contributed by atoms with Gasteiger partial charge in [0.05, 0.1) is 10.6 Å². The number of hydrogen-bond donors (Lipinski definition) is 1. The second kappa shape index (κ2) is 6.89. The first-order chi connectivity index (χ1) is 13.8. The molecule has 0 saturated carbocycles. The van der Waals surface area contributed by atoms with Crippen LogP contribution in [0.25, 0.3) is 16.8 Å². The zero-order valence-corrected chi connectivity index (χ0v) is 16.7. The van der Waals surface area contributed by atoms with Crippen molar-refractivity contribution in [1.82, 2.24) is 4.57 Å². The SMILES string of the molecule is CCn1c([O-])c2cccc3c2c1C=CC3=NS(=O)(=O)c1ccc(NC(C)=O)cc1. The van der Waals surface area contributed by atoms with Gasteiger partial charge in [-0.2, -0.15) is 12.8 Å². The molecule has 1 N–H and O–H groups in total. The van der Waals surface area contributed by atoms with Crippen molar-refractivity contribution < 1.29 is 18.3 Å². The fourth-order valence-corrected chi connectivity index (χ4v) is 4.52. The predicted octanol–water partition coefficient (Wildman–Crippen LogP) is 2.90. The van der Waals surface area contributed by atoms with Crippen molar-refractivity contribution in [1.29, 1.82) is 0 Å². The molecule has 4 rings (SSSR count). The minimum atomic E-state index is -3.97. The Morgan fingerprint density at radius 3 is 2.52 bits per heavy atom. The van der Waals surface area contributed by atoms with Crippen molar-refractivity contribution in [2.45, 2.75) is 25.3 Å². The van der Waals surface area contributed by atoms with Gasteiger partial charge >= 0.3 is 0 Å². The van der Waals surface area contributed by atoms with E-state index in [0.29, 0.717) is 23.2 Å². The van der Waals surface area contributed by atoms with Gasteiger partial charge in [-0.25, -0.2) is 0 Å². The molecule has 0 unspecified atom stereocenters. The lowest BCUT2D eigenvalue weighted by molar-refractivity contribution is -0.276. The van der Waals surface area contributed by atoms with Crippen LogP contribution in [0.15, 0.2) is 57.8 Å². The van der Waals surface area contributed by atoms with Gasteiger partial charge in [0, 0.05) is 35.8 Å². The highest BCUT2D eigenvalue weighted by Gasteiger charge is 2.21. The Hall–Kier alpha value is -3.39. The van der Waals surface area contributed by atoms with E-state index < -0.39 is 10.0 Å². The van der Waals surface area contributed by atoms with E-state index >= 15 is 0 Å². The molecule has 0 fully saturated rings. The standard InChI is InChI=1S/C21H19N3O4S/c1-3-24-19-12-11-18(16-5-4-6-17(20(16)19)21(24)26)23-29(27,28)15-9-7-14(8-10-15)22-13(2)25/h4-12,26H,3H2,1-2H3,(H,22,25)/p-1. The van der Waals surface area contributed by atoms with Gasteiger partial charge in [-0.3, -0.25) is 4.79 Å². The van der Waals surface area contributed by atoms with Crippen molar-refractivity contribution in [2.24, 2.45) is 4.40 Å². The maximum absolute atomic E-state index is 12.8. The Morgan fingerprint density at radius 2 is 1.86 bits per heavy atom. The number of sulfonamides is 1. The molecule has 29 heavy (non-hydrogen) atoms. The molecule has 1 aromatic heterocycles. The summed E-state index contributed by atoms with van der Waals surface area (Å²) in [6.07, 6.45) is 3.35. The van der Waals surface area contributed by atoms with Crippen molar-refractivity contribution in [3.63, 3.8) is 0 Å². The van der Waals surface area contributed by atoms with Gasteiger partial charge in [0.1, 0.15) is 0 Å². The Morgan fingerprint density at radius 1 is 1.14 bits per heavy atom. The minimum Gasteiger partial charge on any atom is -0.860 e. The van der Waals surface area contributed by atoms with Crippen molar-refractivity contribution in [2.75, 3.05) is 5.32 Å². The highest BCUT2D eigenvalue weighted by molar-refractivity contribution is 7.90. The number of nitrogens with one attached hydrogen (secondary N) is 1. The molecule has 0 aliphatic heterocycles. The van der Waals surface area contributed by atoms with Gasteiger partial charge in [0.2, 0.25) is 5.91 Å². The highest BCUT2D eigenvalue weighted by atomic mass is 32.2. The third-order valence-corrected chi connectivity index (χ3v) is 6.07. The largest absolute Gasteiger partial charge is 0.860 e. The van der Waals surface area contributed by atoms with Crippen LogP contribution in [-0.4, -0.2) is 24.6 Å². The lowest BCUT2D eigenvalue weighted by Crippen LogP contribution is -2.09. The first kappa shape index (κ1) is 18.9. The topological polar surface area (TPSA) is 104 Å². The van der Waals surface area contributed by atoms with E-state index in [1.165, 1.54) is 31.2 Å². The van der Waals surface area contributed by atoms with Gasteiger partial charge in [-0.05, 0) is 54.6 Å². The van der Waals surface area contributed by atoms with Crippen LogP contribution in [0.1, 0.15) is 25.1 Å². The maximum atomic E-state index is 12.8. The van der Waals surface area contributed by atoms with Crippen LogP contribution in [0.3, 0.4) is 0 Å². The van der Waals surface area contributed by atoms with E-state index in [1.54, 1.807) is 34.9 Å². The number of allylic oxidation sites excluding steroid dienone is 1. The van der Waals surface area contributed by atoms with Gasteiger partial charge in [-0.1, -0.05) is 18.2 Å². The lowest BCUT2D eigenvalue weighted by atomic mass is 9.97. The summed E-state index contributed by atoms with van der Waals surface area (Å²) in [6, 6.07) is 11.0. The average Bonchev–Trinajstić information content (AvgIpc) is 2.96. The molecule has 8 heteroatoms. The zero-order chi connectivity index (χ0) is 20.8. The number of aromatic nitrogens is 1. The zero-order valence-electron chi connectivity index (χ0n) is 15.8. The normalized spacial score (nSPS) is 14.5. The van der Waals surface area contributed by atoms with Crippen LogP contribution in [0.4, 0.5) is 5.69 Å². The molecule has 7 nitrogen and oxygen atoms in total. The van der Waals surface area contributed by atoms with Crippen LogP contribution in [0, 0.1) is 0 Å². The van der Waals surface area contributed by atoms with Gasteiger partial charge < -0.3 is 15.0 Å². The first-order valence-corrected chi connectivity index (χ1v) is 10.5. The molecule has 0 saturated heterocycles. The number of carbonyl (C=O) groups excluding carboxylic acids is 1. The van der Waals surface area contributed by atoms with Crippen molar-refractivity contribution in [3.05, 3.63) is 59.8 Å². The Balaban J connectivity index is 1.79. The molecule has 0 spiro atoms. The second-order valence-corrected chi connectivity index (χ2v) is 8.26. The maximum Gasteiger partial charge on any atom is 0.282 e. The van der Waals surface area contributed by atoms with Crippen molar-refractivity contribution >= 4 is 44.2 Å². The van der Waals surface area contributed by atoms with Crippen LogP contribution in [0.2, 0.25) is 0 Å². The summed E-state index contributed by atoms with van der Waals surface area (Å²) in [6.45, 7) is 3.79. The van der Waals surface area contributed by atoms with E-state index in [0.717, 1.165) is 11.1 Å².